The van der Waals surface area contributed by atoms with Crippen LogP contribution in [-0.2, 0) is 0 Å². The molecule has 2 heterocycles. The SMILES string of the molecule is CC(C)[C@@H]1CC[C@@H](C)[C@]2(C)CCCN12. The summed E-state index contributed by atoms with van der Waals surface area (Å²) in [5.41, 5.74) is 0.535. The summed E-state index contributed by atoms with van der Waals surface area (Å²) in [5.74, 6) is 1.74. The van der Waals surface area contributed by atoms with Crippen molar-refractivity contribution >= 4 is 0 Å². The zero-order valence-corrected chi connectivity index (χ0v) is 10.2. The maximum atomic E-state index is 2.83. The van der Waals surface area contributed by atoms with Gasteiger partial charge in [0.25, 0.3) is 0 Å². The Balaban J connectivity index is 2.20. The van der Waals surface area contributed by atoms with Gasteiger partial charge in [-0.15, -0.1) is 0 Å². The summed E-state index contributed by atoms with van der Waals surface area (Å²) in [4.78, 5) is 2.83. The Morgan fingerprint density at radius 2 is 2.00 bits per heavy atom. The molecule has 0 amide bonds. The molecule has 3 atom stereocenters. The Labute approximate surface area is 88.9 Å². The van der Waals surface area contributed by atoms with Crippen LogP contribution in [0.5, 0.6) is 0 Å². The van der Waals surface area contributed by atoms with E-state index in [0.717, 1.165) is 17.9 Å². The molecule has 0 saturated carbocycles. The first-order valence-electron chi connectivity index (χ1n) is 6.32. The van der Waals surface area contributed by atoms with Gasteiger partial charge in [-0.1, -0.05) is 20.8 Å². The molecule has 1 heteroatoms. The van der Waals surface area contributed by atoms with Crippen molar-refractivity contribution in [3.63, 3.8) is 0 Å². The Morgan fingerprint density at radius 1 is 1.29 bits per heavy atom. The van der Waals surface area contributed by atoms with Gasteiger partial charge in [-0.2, -0.15) is 0 Å². The molecule has 0 aromatic rings. The number of hydrogen-bond donors (Lipinski definition) is 0. The van der Waals surface area contributed by atoms with E-state index in [1.165, 1.54) is 32.2 Å². The van der Waals surface area contributed by atoms with Crippen LogP contribution in [0.15, 0.2) is 0 Å². The van der Waals surface area contributed by atoms with E-state index in [-0.39, 0.29) is 0 Å². The monoisotopic (exact) mass is 195 g/mol. The number of fused-ring (bicyclic) bond motifs is 1. The Morgan fingerprint density at radius 3 is 2.64 bits per heavy atom. The highest BCUT2D eigenvalue weighted by Crippen LogP contribution is 2.45. The van der Waals surface area contributed by atoms with E-state index in [1.54, 1.807) is 0 Å². The molecule has 0 bridgehead atoms. The lowest BCUT2D eigenvalue weighted by Crippen LogP contribution is -2.56. The van der Waals surface area contributed by atoms with Gasteiger partial charge in [0.2, 0.25) is 0 Å². The van der Waals surface area contributed by atoms with Crippen LogP contribution < -0.4 is 0 Å². The molecule has 1 nitrogen and oxygen atoms in total. The van der Waals surface area contributed by atoms with Crippen LogP contribution in [0.2, 0.25) is 0 Å². The molecule has 14 heavy (non-hydrogen) atoms. The molecule has 0 aliphatic carbocycles. The van der Waals surface area contributed by atoms with Gasteiger partial charge >= 0.3 is 0 Å². The van der Waals surface area contributed by atoms with Gasteiger partial charge in [-0.3, -0.25) is 4.90 Å². The molecule has 0 unspecified atom stereocenters. The average Bonchev–Trinajstić information content (AvgIpc) is 2.49. The van der Waals surface area contributed by atoms with Crippen LogP contribution >= 0.6 is 0 Å². The highest BCUT2D eigenvalue weighted by molar-refractivity contribution is 5.02. The van der Waals surface area contributed by atoms with Crippen LogP contribution in [0.3, 0.4) is 0 Å². The molecule has 2 saturated heterocycles. The van der Waals surface area contributed by atoms with Gasteiger partial charge < -0.3 is 0 Å². The third-order valence-electron chi connectivity index (χ3n) is 4.87. The second-order valence-corrected chi connectivity index (χ2v) is 5.94. The van der Waals surface area contributed by atoms with Gasteiger partial charge in [0.1, 0.15) is 0 Å². The summed E-state index contributed by atoms with van der Waals surface area (Å²) >= 11 is 0. The lowest BCUT2D eigenvalue weighted by molar-refractivity contribution is -0.0113. The van der Waals surface area contributed by atoms with Gasteiger partial charge in [0.05, 0.1) is 0 Å². The normalized spacial score (nSPS) is 44.4. The van der Waals surface area contributed by atoms with Crippen molar-refractivity contribution in [3.05, 3.63) is 0 Å². The van der Waals surface area contributed by atoms with E-state index in [1.807, 2.05) is 0 Å². The van der Waals surface area contributed by atoms with Gasteiger partial charge in [0, 0.05) is 11.6 Å². The lowest BCUT2D eigenvalue weighted by atomic mass is 9.75. The zero-order chi connectivity index (χ0) is 10.3. The number of nitrogens with zero attached hydrogens (tertiary/aromatic N) is 1. The largest absolute Gasteiger partial charge is 0.294 e. The molecule has 0 aromatic heterocycles. The predicted octanol–water partition coefficient (Wildman–Crippen LogP) is 3.30. The second kappa shape index (κ2) is 3.52. The smallest absolute Gasteiger partial charge is 0.0210 e. The van der Waals surface area contributed by atoms with Crippen LogP contribution in [0.1, 0.15) is 53.4 Å². The van der Waals surface area contributed by atoms with Gasteiger partial charge in [-0.05, 0) is 51.0 Å². The van der Waals surface area contributed by atoms with E-state index in [9.17, 15) is 0 Å². The molecular formula is C13H25N. The fourth-order valence-corrected chi connectivity index (χ4v) is 3.66. The Bertz CT molecular complexity index is 211. The van der Waals surface area contributed by atoms with E-state index >= 15 is 0 Å². The maximum absolute atomic E-state index is 2.83. The molecule has 2 fully saturated rings. The van der Waals surface area contributed by atoms with E-state index in [4.69, 9.17) is 0 Å². The number of hydrogen-bond acceptors (Lipinski definition) is 1. The topological polar surface area (TPSA) is 3.24 Å². The van der Waals surface area contributed by atoms with Crippen LogP contribution in [0.4, 0.5) is 0 Å². The molecule has 2 rings (SSSR count). The Kier molecular flexibility index (Phi) is 2.63. The van der Waals surface area contributed by atoms with Crippen LogP contribution in [0.25, 0.3) is 0 Å². The quantitative estimate of drug-likeness (QED) is 0.620. The average molecular weight is 195 g/mol. The molecule has 0 radical (unpaired) electrons. The van der Waals surface area contributed by atoms with Crippen molar-refractivity contribution in [2.24, 2.45) is 11.8 Å². The standard InChI is InChI=1S/C13H25N/c1-10(2)12-7-6-11(3)13(4)8-5-9-14(12)13/h10-12H,5-9H2,1-4H3/t11-,12+,13+/m1/s1. The fraction of sp³-hybridized carbons (Fsp3) is 1.00. The van der Waals surface area contributed by atoms with Crippen molar-refractivity contribution in [1.29, 1.82) is 0 Å². The minimum Gasteiger partial charge on any atom is -0.294 e. The summed E-state index contributed by atoms with van der Waals surface area (Å²) in [6.45, 7) is 11.1. The molecular weight excluding hydrogens is 170 g/mol. The third kappa shape index (κ3) is 1.41. The van der Waals surface area contributed by atoms with E-state index in [2.05, 4.69) is 32.6 Å². The number of rotatable bonds is 1. The summed E-state index contributed by atoms with van der Waals surface area (Å²) in [7, 11) is 0. The van der Waals surface area contributed by atoms with E-state index < -0.39 is 0 Å². The highest BCUT2D eigenvalue weighted by Gasteiger charge is 2.47. The molecule has 2 aliphatic heterocycles. The summed E-state index contributed by atoms with van der Waals surface area (Å²) in [5, 5.41) is 0. The molecule has 2 aliphatic rings. The summed E-state index contributed by atoms with van der Waals surface area (Å²) in [6.07, 6.45) is 5.71. The summed E-state index contributed by atoms with van der Waals surface area (Å²) in [6, 6.07) is 0.860. The number of piperidine rings is 1. The minimum absolute atomic E-state index is 0.535. The highest BCUT2D eigenvalue weighted by atomic mass is 15.3. The lowest BCUT2D eigenvalue weighted by Gasteiger charge is -2.51. The van der Waals surface area contributed by atoms with Crippen LogP contribution in [0, 0.1) is 11.8 Å². The first kappa shape index (κ1) is 10.5. The fourth-order valence-electron chi connectivity index (χ4n) is 3.66. The van der Waals surface area contributed by atoms with Gasteiger partial charge in [0.15, 0.2) is 0 Å². The molecule has 82 valence electrons. The molecule has 0 aromatic carbocycles. The van der Waals surface area contributed by atoms with Crippen molar-refractivity contribution in [1.82, 2.24) is 4.90 Å². The molecule has 0 spiro atoms. The second-order valence-electron chi connectivity index (χ2n) is 5.94. The van der Waals surface area contributed by atoms with Crippen LogP contribution in [-0.4, -0.2) is 23.0 Å². The summed E-state index contributed by atoms with van der Waals surface area (Å²) < 4.78 is 0. The van der Waals surface area contributed by atoms with Crippen molar-refractivity contribution in [2.75, 3.05) is 6.54 Å². The first-order chi connectivity index (χ1) is 6.55. The van der Waals surface area contributed by atoms with E-state index in [0.29, 0.717) is 5.54 Å². The van der Waals surface area contributed by atoms with Crippen molar-refractivity contribution < 1.29 is 0 Å². The first-order valence-corrected chi connectivity index (χ1v) is 6.32. The third-order valence-corrected chi connectivity index (χ3v) is 4.87. The zero-order valence-electron chi connectivity index (χ0n) is 10.2. The maximum Gasteiger partial charge on any atom is 0.0210 e. The molecule has 0 N–H and O–H groups in total. The van der Waals surface area contributed by atoms with Crippen molar-refractivity contribution in [2.45, 2.75) is 65.0 Å². The van der Waals surface area contributed by atoms with Crippen molar-refractivity contribution in [3.8, 4) is 0 Å². The minimum atomic E-state index is 0.535. The predicted molar refractivity (Wildman–Crippen MR) is 61.4 cm³/mol. The Hall–Kier alpha value is -0.0400. The van der Waals surface area contributed by atoms with Gasteiger partial charge in [-0.25, -0.2) is 0 Å².